The number of para-hydroxylation sites is 1. The number of sulfonamides is 1. The molecule has 0 radical (unpaired) electrons. The lowest BCUT2D eigenvalue weighted by atomic mass is 10.2. The van der Waals surface area contributed by atoms with Gasteiger partial charge in [0.25, 0.3) is 0 Å². The van der Waals surface area contributed by atoms with E-state index in [0.717, 1.165) is 19.2 Å². The van der Waals surface area contributed by atoms with E-state index in [1.165, 1.54) is 12.1 Å². The molecule has 0 atom stereocenters. The molecule has 10 heteroatoms. The van der Waals surface area contributed by atoms with Crippen LogP contribution in [-0.4, -0.2) is 45.8 Å². The minimum Gasteiger partial charge on any atom is -0.480 e. The highest BCUT2D eigenvalue weighted by Crippen LogP contribution is 2.28. The molecule has 0 saturated heterocycles. The Balaban J connectivity index is 3.34. The fourth-order valence-corrected chi connectivity index (χ4v) is 2.61. The van der Waals surface area contributed by atoms with E-state index in [0.29, 0.717) is 4.90 Å². The van der Waals surface area contributed by atoms with Crippen LogP contribution in [0.3, 0.4) is 0 Å². The van der Waals surface area contributed by atoms with E-state index in [1.807, 2.05) is 4.72 Å². The van der Waals surface area contributed by atoms with Crippen molar-refractivity contribution in [3.63, 3.8) is 0 Å². The molecule has 0 spiro atoms. The highest BCUT2D eigenvalue weighted by atomic mass is 32.2. The van der Waals surface area contributed by atoms with Gasteiger partial charge in [0.2, 0.25) is 10.0 Å². The molecule has 0 aliphatic carbocycles. The Labute approximate surface area is 119 Å². The lowest BCUT2D eigenvalue weighted by Gasteiger charge is -2.26. The van der Waals surface area contributed by atoms with Gasteiger partial charge in [-0.1, -0.05) is 12.1 Å². The number of carboxylic acids is 1. The Kier molecular flexibility index (Phi) is 5.18. The van der Waals surface area contributed by atoms with E-state index in [9.17, 15) is 26.4 Å². The van der Waals surface area contributed by atoms with Gasteiger partial charge < -0.3 is 10.0 Å². The minimum absolute atomic E-state index is 0.327. The quantitative estimate of drug-likeness (QED) is 0.816. The predicted octanol–water partition coefficient (Wildman–Crippen LogP) is 1.05. The lowest BCUT2D eigenvalue weighted by Crippen LogP contribution is -2.39. The molecule has 1 rings (SSSR count). The Morgan fingerprint density at radius 3 is 2.38 bits per heavy atom. The molecule has 0 saturated carbocycles. The monoisotopic (exact) mass is 326 g/mol. The first-order chi connectivity index (χ1) is 9.57. The van der Waals surface area contributed by atoms with Gasteiger partial charge in [0.1, 0.15) is 18.0 Å². The fourth-order valence-electron chi connectivity index (χ4n) is 1.66. The van der Waals surface area contributed by atoms with Gasteiger partial charge in [-0.15, -0.1) is 0 Å². The maximum absolute atomic E-state index is 12.6. The third-order valence-electron chi connectivity index (χ3n) is 2.46. The molecule has 0 aliphatic rings. The van der Waals surface area contributed by atoms with Crippen LogP contribution in [0.2, 0.25) is 0 Å². The van der Waals surface area contributed by atoms with E-state index in [-0.39, 0.29) is 5.69 Å². The van der Waals surface area contributed by atoms with E-state index < -0.39 is 40.2 Å². The molecule has 1 aromatic carbocycles. The van der Waals surface area contributed by atoms with Crippen LogP contribution in [0.1, 0.15) is 0 Å². The van der Waals surface area contributed by atoms with Gasteiger partial charge in [-0.25, -0.2) is 13.1 Å². The zero-order valence-corrected chi connectivity index (χ0v) is 11.7. The molecule has 0 aromatic heterocycles. The lowest BCUT2D eigenvalue weighted by molar-refractivity contribution is -0.136. The summed E-state index contributed by atoms with van der Waals surface area (Å²) >= 11 is 0. The number of nitrogens with zero attached hydrogens (tertiary/aromatic N) is 1. The molecule has 118 valence electrons. The van der Waals surface area contributed by atoms with Crippen molar-refractivity contribution in [2.24, 2.45) is 0 Å². The van der Waals surface area contributed by atoms with Crippen molar-refractivity contribution in [3.8, 4) is 0 Å². The SMILES string of the molecule is CNS(=O)(=O)c1ccccc1N(CC(=O)O)CC(F)(F)F. The topological polar surface area (TPSA) is 86.7 Å². The van der Waals surface area contributed by atoms with E-state index in [1.54, 1.807) is 0 Å². The molecule has 1 aromatic rings. The average molecular weight is 326 g/mol. The molecule has 0 fully saturated rings. The number of aliphatic carboxylic acids is 1. The summed E-state index contributed by atoms with van der Waals surface area (Å²) in [5.41, 5.74) is -0.327. The standard InChI is InChI=1S/C11H13F3N2O4S/c1-15-21(19,20)9-5-3-2-4-8(9)16(6-10(17)18)7-11(12,13)14/h2-5,15H,6-7H2,1H3,(H,17,18). The number of hydrogen-bond acceptors (Lipinski definition) is 4. The van der Waals surface area contributed by atoms with E-state index in [2.05, 4.69) is 0 Å². The summed E-state index contributed by atoms with van der Waals surface area (Å²) in [6, 6.07) is 4.89. The fraction of sp³-hybridized carbons (Fsp3) is 0.364. The highest BCUT2D eigenvalue weighted by molar-refractivity contribution is 7.89. The number of anilines is 1. The van der Waals surface area contributed by atoms with Crippen molar-refractivity contribution >= 4 is 21.7 Å². The Morgan fingerprint density at radius 2 is 1.90 bits per heavy atom. The molecular weight excluding hydrogens is 313 g/mol. The number of alkyl halides is 3. The van der Waals surface area contributed by atoms with Gasteiger partial charge in [-0.05, 0) is 19.2 Å². The third kappa shape index (κ3) is 4.90. The van der Waals surface area contributed by atoms with Crippen LogP contribution in [0.4, 0.5) is 18.9 Å². The molecule has 21 heavy (non-hydrogen) atoms. The second-order valence-electron chi connectivity index (χ2n) is 4.04. The first-order valence-electron chi connectivity index (χ1n) is 5.63. The summed E-state index contributed by atoms with van der Waals surface area (Å²) in [4.78, 5) is 10.8. The minimum atomic E-state index is -4.67. The Morgan fingerprint density at radius 1 is 1.33 bits per heavy atom. The molecule has 0 bridgehead atoms. The van der Waals surface area contributed by atoms with Crippen LogP contribution in [0, 0.1) is 0 Å². The highest BCUT2D eigenvalue weighted by Gasteiger charge is 2.33. The zero-order valence-electron chi connectivity index (χ0n) is 10.9. The van der Waals surface area contributed by atoms with Crippen LogP contribution in [0.25, 0.3) is 0 Å². The van der Waals surface area contributed by atoms with Gasteiger partial charge in [-0.2, -0.15) is 13.2 Å². The van der Waals surface area contributed by atoms with Crippen molar-refractivity contribution < 1.29 is 31.5 Å². The third-order valence-corrected chi connectivity index (χ3v) is 3.92. The van der Waals surface area contributed by atoms with Crippen LogP contribution in [-0.2, 0) is 14.8 Å². The number of hydrogen-bond donors (Lipinski definition) is 2. The normalized spacial score (nSPS) is 12.2. The summed E-state index contributed by atoms with van der Waals surface area (Å²) in [6.07, 6.45) is -4.67. The van der Waals surface area contributed by atoms with Crippen molar-refractivity contribution in [1.29, 1.82) is 0 Å². The summed E-state index contributed by atoms with van der Waals surface area (Å²) in [5.74, 6) is -1.50. The van der Waals surface area contributed by atoms with E-state index in [4.69, 9.17) is 5.11 Å². The summed E-state index contributed by atoms with van der Waals surface area (Å²) in [7, 11) is -2.91. The van der Waals surface area contributed by atoms with E-state index >= 15 is 0 Å². The maximum Gasteiger partial charge on any atom is 0.405 e. The first-order valence-corrected chi connectivity index (χ1v) is 7.11. The summed E-state index contributed by atoms with van der Waals surface area (Å²) in [5, 5.41) is 8.72. The molecule has 2 N–H and O–H groups in total. The van der Waals surface area contributed by atoms with Crippen LogP contribution < -0.4 is 9.62 Å². The second-order valence-corrected chi connectivity index (χ2v) is 5.90. The summed E-state index contributed by atoms with van der Waals surface area (Å²) in [6.45, 7) is -2.55. The van der Waals surface area contributed by atoms with Crippen LogP contribution in [0.5, 0.6) is 0 Å². The molecule has 0 unspecified atom stereocenters. The molecule has 6 nitrogen and oxygen atoms in total. The molecule has 0 heterocycles. The number of halogens is 3. The van der Waals surface area contributed by atoms with Crippen molar-refractivity contribution in [2.45, 2.75) is 11.1 Å². The molecule has 0 amide bonds. The number of carboxylic acid groups (broad SMARTS) is 1. The van der Waals surface area contributed by atoms with Gasteiger partial charge in [0, 0.05) is 0 Å². The van der Waals surface area contributed by atoms with Gasteiger partial charge in [0.05, 0.1) is 5.69 Å². The van der Waals surface area contributed by atoms with Gasteiger partial charge in [0.15, 0.2) is 0 Å². The molecule has 0 aliphatic heterocycles. The maximum atomic E-state index is 12.6. The van der Waals surface area contributed by atoms with Crippen LogP contribution >= 0.6 is 0 Å². The molecular formula is C11H13F3N2O4S. The second kappa shape index (κ2) is 6.31. The summed E-state index contributed by atoms with van der Waals surface area (Å²) < 4.78 is 63.3. The number of benzene rings is 1. The largest absolute Gasteiger partial charge is 0.480 e. The smallest absolute Gasteiger partial charge is 0.405 e. The van der Waals surface area contributed by atoms with Crippen molar-refractivity contribution in [3.05, 3.63) is 24.3 Å². The Hall–Kier alpha value is -1.81. The van der Waals surface area contributed by atoms with Crippen LogP contribution in [0.15, 0.2) is 29.2 Å². The zero-order chi connectivity index (χ0) is 16.3. The average Bonchev–Trinajstić information content (AvgIpc) is 2.36. The van der Waals surface area contributed by atoms with Gasteiger partial charge >= 0.3 is 12.1 Å². The van der Waals surface area contributed by atoms with Crippen molar-refractivity contribution in [1.82, 2.24) is 4.72 Å². The first kappa shape index (κ1) is 17.2. The number of carbonyl (C=O) groups is 1. The van der Waals surface area contributed by atoms with Gasteiger partial charge in [-0.3, -0.25) is 4.79 Å². The Bertz CT molecular complexity index is 616. The number of nitrogens with one attached hydrogen (secondary N) is 1. The number of rotatable bonds is 6. The van der Waals surface area contributed by atoms with Crippen molar-refractivity contribution in [2.75, 3.05) is 25.0 Å². The predicted molar refractivity (Wildman–Crippen MR) is 68.6 cm³/mol.